The molecule has 0 aliphatic carbocycles. The summed E-state index contributed by atoms with van der Waals surface area (Å²) in [6.07, 6.45) is 1.59. The van der Waals surface area contributed by atoms with Crippen molar-refractivity contribution in [3.05, 3.63) is 113 Å². The first kappa shape index (κ1) is 21.3. The maximum atomic E-state index is 12.9. The van der Waals surface area contributed by atoms with E-state index in [0.29, 0.717) is 11.2 Å². The van der Waals surface area contributed by atoms with E-state index >= 15 is 0 Å². The van der Waals surface area contributed by atoms with E-state index in [-0.39, 0.29) is 18.0 Å². The third kappa shape index (κ3) is 4.47. The van der Waals surface area contributed by atoms with Gasteiger partial charge in [0.05, 0.1) is 17.3 Å². The highest BCUT2D eigenvalue weighted by Crippen LogP contribution is 2.28. The van der Waals surface area contributed by atoms with Gasteiger partial charge in [-0.1, -0.05) is 78.4 Å². The highest BCUT2D eigenvalue weighted by Gasteiger charge is 2.12. The van der Waals surface area contributed by atoms with Gasteiger partial charge in [-0.05, 0) is 36.2 Å². The zero-order valence-electron chi connectivity index (χ0n) is 18.6. The molecule has 0 fully saturated rings. The van der Waals surface area contributed by atoms with Crippen molar-refractivity contribution in [2.75, 3.05) is 5.32 Å². The van der Waals surface area contributed by atoms with Crippen LogP contribution in [0.5, 0.6) is 0 Å². The smallest absolute Gasteiger partial charge is 0.275 e. The molecule has 5 rings (SSSR count). The molecule has 0 aliphatic rings. The Hall–Kier alpha value is -4.58. The maximum absolute atomic E-state index is 12.9. The van der Waals surface area contributed by atoms with Crippen molar-refractivity contribution >= 4 is 22.5 Å². The average molecular weight is 447 g/mol. The minimum atomic E-state index is -0.377. The number of nitrogens with zero attached hydrogens (tertiary/aromatic N) is 3. The lowest BCUT2D eigenvalue weighted by atomic mass is 10.0. The maximum Gasteiger partial charge on any atom is 0.275 e. The van der Waals surface area contributed by atoms with Crippen LogP contribution in [0.1, 0.15) is 5.56 Å². The number of aromatic nitrogens is 3. The number of carbonyl (C=O) groups is 1. The molecule has 3 aromatic carbocycles. The molecule has 6 heteroatoms. The molecule has 6 nitrogen and oxygen atoms in total. The summed E-state index contributed by atoms with van der Waals surface area (Å²) in [7, 11) is 0. The van der Waals surface area contributed by atoms with Crippen LogP contribution in [-0.2, 0) is 11.3 Å². The topological polar surface area (TPSA) is 76.9 Å². The standard InChI is InChI=1S/C28H22N4O2/c1-19-11-13-20(14-12-19)23-15-25(21-7-3-2-4-8-21)30-26(16-23)31-27(33)18-32-28(34)24-10-6-5-9-22(24)17-29-32/h2-17H,18H2,1H3,(H,30,31,33). The number of benzene rings is 3. The van der Waals surface area contributed by atoms with Gasteiger partial charge >= 0.3 is 0 Å². The van der Waals surface area contributed by atoms with Crippen LogP contribution in [0, 0.1) is 6.92 Å². The van der Waals surface area contributed by atoms with Gasteiger partial charge in [0.1, 0.15) is 12.4 Å². The van der Waals surface area contributed by atoms with E-state index in [1.54, 1.807) is 18.3 Å². The third-order valence-electron chi connectivity index (χ3n) is 5.60. The van der Waals surface area contributed by atoms with Crippen LogP contribution >= 0.6 is 0 Å². The number of pyridine rings is 1. The second kappa shape index (κ2) is 9.11. The molecule has 1 N–H and O–H groups in total. The lowest BCUT2D eigenvalue weighted by Crippen LogP contribution is -2.29. The molecular weight excluding hydrogens is 424 g/mol. The van der Waals surface area contributed by atoms with E-state index in [0.717, 1.165) is 27.8 Å². The number of aryl methyl sites for hydroxylation is 1. The summed E-state index contributed by atoms with van der Waals surface area (Å²) in [4.78, 5) is 30.2. The van der Waals surface area contributed by atoms with Crippen molar-refractivity contribution in [1.82, 2.24) is 14.8 Å². The molecular formula is C28H22N4O2. The van der Waals surface area contributed by atoms with Gasteiger partial charge in [0.2, 0.25) is 5.91 Å². The van der Waals surface area contributed by atoms with Crippen molar-refractivity contribution in [3.63, 3.8) is 0 Å². The van der Waals surface area contributed by atoms with Gasteiger partial charge in [0, 0.05) is 10.9 Å². The largest absolute Gasteiger partial charge is 0.309 e. The van der Waals surface area contributed by atoms with E-state index in [2.05, 4.69) is 15.4 Å². The number of carbonyl (C=O) groups excluding carboxylic acids is 1. The second-order valence-electron chi connectivity index (χ2n) is 8.10. The quantitative estimate of drug-likeness (QED) is 0.409. The van der Waals surface area contributed by atoms with Crippen LogP contribution in [0.4, 0.5) is 5.82 Å². The van der Waals surface area contributed by atoms with E-state index in [1.807, 2.05) is 85.8 Å². The Morgan fingerprint density at radius 2 is 1.59 bits per heavy atom. The van der Waals surface area contributed by atoms with E-state index < -0.39 is 0 Å². The minimum Gasteiger partial charge on any atom is -0.309 e. The third-order valence-corrected chi connectivity index (χ3v) is 5.60. The SMILES string of the molecule is Cc1ccc(-c2cc(NC(=O)Cn3ncc4ccccc4c3=O)nc(-c3ccccc3)c2)cc1. The molecule has 0 radical (unpaired) electrons. The summed E-state index contributed by atoms with van der Waals surface area (Å²) in [6, 6.07) is 29.0. The zero-order chi connectivity index (χ0) is 23.5. The number of hydrogen-bond acceptors (Lipinski definition) is 4. The zero-order valence-corrected chi connectivity index (χ0v) is 18.6. The number of hydrogen-bond donors (Lipinski definition) is 1. The summed E-state index contributed by atoms with van der Waals surface area (Å²) >= 11 is 0. The van der Waals surface area contributed by atoms with Crippen molar-refractivity contribution in [1.29, 1.82) is 0 Å². The summed E-state index contributed by atoms with van der Waals surface area (Å²) in [6.45, 7) is 1.83. The van der Waals surface area contributed by atoms with Gasteiger partial charge in [-0.25, -0.2) is 9.67 Å². The molecule has 0 unspecified atom stereocenters. The number of fused-ring (bicyclic) bond motifs is 1. The molecule has 166 valence electrons. The summed E-state index contributed by atoms with van der Waals surface area (Å²) < 4.78 is 1.17. The number of rotatable bonds is 5. The van der Waals surface area contributed by atoms with Gasteiger partial charge in [-0.2, -0.15) is 5.10 Å². The number of amides is 1. The molecule has 0 atom stereocenters. The molecule has 34 heavy (non-hydrogen) atoms. The van der Waals surface area contributed by atoms with Crippen LogP contribution in [0.15, 0.2) is 102 Å². The fraction of sp³-hybridized carbons (Fsp3) is 0.0714. The minimum absolute atomic E-state index is 0.208. The predicted octanol–water partition coefficient (Wildman–Crippen LogP) is 5.07. The summed E-state index contributed by atoms with van der Waals surface area (Å²) in [5.41, 5.74) is 4.51. The lowest BCUT2D eigenvalue weighted by Gasteiger charge is -2.12. The summed E-state index contributed by atoms with van der Waals surface area (Å²) in [5, 5.41) is 8.26. The molecule has 2 heterocycles. The molecule has 0 aliphatic heterocycles. The van der Waals surface area contributed by atoms with E-state index in [9.17, 15) is 9.59 Å². The number of nitrogens with one attached hydrogen (secondary N) is 1. The first-order valence-electron chi connectivity index (χ1n) is 11.0. The predicted molar refractivity (Wildman–Crippen MR) is 134 cm³/mol. The van der Waals surface area contributed by atoms with Crippen LogP contribution < -0.4 is 10.9 Å². The molecule has 0 saturated heterocycles. The molecule has 5 aromatic rings. The summed E-state index contributed by atoms with van der Waals surface area (Å²) in [5.74, 6) is 0.0354. The molecule has 0 bridgehead atoms. The average Bonchev–Trinajstić information content (AvgIpc) is 2.87. The molecule has 1 amide bonds. The van der Waals surface area contributed by atoms with Gasteiger partial charge < -0.3 is 5.32 Å². The van der Waals surface area contributed by atoms with Crippen molar-refractivity contribution in [3.8, 4) is 22.4 Å². The van der Waals surface area contributed by atoms with Crippen LogP contribution in [0.2, 0.25) is 0 Å². The normalized spacial score (nSPS) is 10.9. The lowest BCUT2D eigenvalue weighted by molar-refractivity contribution is -0.117. The molecule has 0 saturated carbocycles. The fourth-order valence-corrected chi connectivity index (χ4v) is 3.82. The Kier molecular flexibility index (Phi) is 5.70. The van der Waals surface area contributed by atoms with Gasteiger partial charge in [-0.3, -0.25) is 9.59 Å². The van der Waals surface area contributed by atoms with Crippen LogP contribution in [0.25, 0.3) is 33.2 Å². The Bertz CT molecular complexity index is 1540. The Labute approximate surface area is 196 Å². The highest BCUT2D eigenvalue weighted by atomic mass is 16.2. The Balaban J connectivity index is 1.47. The van der Waals surface area contributed by atoms with Gasteiger partial charge in [0.15, 0.2) is 0 Å². The fourth-order valence-electron chi connectivity index (χ4n) is 3.82. The van der Waals surface area contributed by atoms with E-state index in [1.165, 1.54) is 10.2 Å². The first-order valence-corrected chi connectivity index (χ1v) is 11.0. The highest BCUT2D eigenvalue weighted by molar-refractivity contribution is 5.91. The second-order valence-corrected chi connectivity index (χ2v) is 8.10. The van der Waals surface area contributed by atoms with Crippen molar-refractivity contribution < 1.29 is 4.79 Å². The first-order chi connectivity index (χ1) is 16.6. The Morgan fingerprint density at radius 1 is 0.853 bits per heavy atom. The van der Waals surface area contributed by atoms with Crippen LogP contribution in [-0.4, -0.2) is 20.7 Å². The van der Waals surface area contributed by atoms with E-state index in [4.69, 9.17) is 0 Å². The number of anilines is 1. The molecule has 2 aromatic heterocycles. The van der Waals surface area contributed by atoms with Crippen molar-refractivity contribution in [2.45, 2.75) is 13.5 Å². The van der Waals surface area contributed by atoms with Crippen molar-refractivity contribution in [2.24, 2.45) is 0 Å². The van der Waals surface area contributed by atoms with Gasteiger partial charge in [0.25, 0.3) is 5.56 Å². The molecule has 0 spiro atoms. The van der Waals surface area contributed by atoms with Crippen LogP contribution in [0.3, 0.4) is 0 Å². The van der Waals surface area contributed by atoms with Gasteiger partial charge in [-0.15, -0.1) is 0 Å². The Morgan fingerprint density at radius 3 is 2.38 bits per heavy atom. The monoisotopic (exact) mass is 446 g/mol.